The number of carbonyl (C=O) groups is 4. The molecule has 3 amide bonds. The zero-order valence-corrected chi connectivity index (χ0v) is 20.5. The fraction of sp³-hybridized carbons (Fsp3) is 0.600. The monoisotopic (exact) mass is 475 g/mol. The van der Waals surface area contributed by atoms with Crippen molar-refractivity contribution in [1.82, 2.24) is 15.5 Å². The molecule has 0 bridgehead atoms. The fourth-order valence-corrected chi connectivity index (χ4v) is 4.02. The zero-order valence-electron chi connectivity index (χ0n) is 20.5. The summed E-state index contributed by atoms with van der Waals surface area (Å²) in [6.45, 7) is 7.49. The van der Waals surface area contributed by atoms with Crippen molar-refractivity contribution in [2.45, 2.75) is 84.2 Å². The largest absolute Gasteiger partial charge is 0.445 e. The Morgan fingerprint density at radius 1 is 1.12 bits per heavy atom. The van der Waals surface area contributed by atoms with Gasteiger partial charge in [0, 0.05) is 13.0 Å². The van der Waals surface area contributed by atoms with Crippen LogP contribution in [0.5, 0.6) is 0 Å². The molecule has 3 N–H and O–H groups in total. The number of alkyl carbamates (subject to hydrolysis) is 1. The van der Waals surface area contributed by atoms with E-state index in [0.717, 1.165) is 5.56 Å². The number of aliphatic hydroxyl groups excluding tert-OH is 1. The second kappa shape index (κ2) is 13.1. The van der Waals surface area contributed by atoms with Crippen molar-refractivity contribution >= 4 is 23.7 Å². The summed E-state index contributed by atoms with van der Waals surface area (Å²) in [4.78, 5) is 51.8. The fourth-order valence-electron chi connectivity index (χ4n) is 4.02. The predicted molar refractivity (Wildman–Crippen MR) is 127 cm³/mol. The lowest BCUT2D eigenvalue weighted by atomic mass is 9.93. The highest BCUT2D eigenvalue weighted by Gasteiger charge is 2.39. The van der Waals surface area contributed by atoms with Crippen LogP contribution in [0.1, 0.15) is 58.9 Å². The molecule has 2 rings (SSSR count). The molecule has 1 saturated heterocycles. The molecule has 1 aromatic carbocycles. The van der Waals surface area contributed by atoms with E-state index in [-0.39, 0.29) is 24.7 Å². The van der Waals surface area contributed by atoms with Gasteiger partial charge in [-0.1, -0.05) is 51.1 Å². The van der Waals surface area contributed by atoms with Crippen LogP contribution in [0.3, 0.4) is 0 Å². The van der Waals surface area contributed by atoms with Gasteiger partial charge in [-0.2, -0.15) is 0 Å². The van der Waals surface area contributed by atoms with Crippen LogP contribution in [0.15, 0.2) is 30.3 Å². The van der Waals surface area contributed by atoms with E-state index in [1.807, 2.05) is 51.1 Å². The Hall–Kier alpha value is -2.94. The summed E-state index contributed by atoms with van der Waals surface area (Å²) in [5, 5.41) is 15.8. The molecule has 0 saturated carbocycles. The standard InChI is InChI=1S/C25H37N3O6/c1-5-10-20(29)22(30)21(16(2)3)27-23(31)19-13-9-14-28(19)24(32)17(4)26-25(33)34-15-18-11-7-6-8-12-18/h6-8,11-12,16-17,19,21-22,30H,5,9-10,13-15H2,1-4H3,(H,26,33)(H,27,31)/t17-,19-,21-,22?/m0/s1. The van der Waals surface area contributed by atoms with Crippen LogP contribution < -0.4 is 10.6 Å². The van der Waals surface area contributed by atoms with Gasteiger partial charge >= 0.3 is 6.09 Å². The van der Waals surface area contributed by atoms with Crippen molar-refractivity contribution in [3.63, 3.8) is 0 Å². The zero-order chi connectivity index (χ0) is 25.3. The molecule has 34 heavy (non-hydrogen) atoms. The maximum absolute atomic E-state index is 13.0. The third kappa shape index (κ3) is 7.55. The molecule has 1 aromatic rings. The maximum Gasteiger partial charge on any atom is 0.408 e. The Labute approximate surface area is 201 Å². The van der Waals surface area contributed by atoms with Crippen LogP contribution in [0.4, 0.5) is 4.79 Å². The van der Waals surface area contributed by atoms with E-state index in [1.54, 1.807) is 6.92 Å². The molecule has 1 heterocycles. The van der Waals surface area contributed by atoms with Gasteiger partial charge in [0.15, 0.2) is 5.78 Å². The maximum atomic E-state index is 13.0. The van der Waals surface area contributed by atoms with Crippen molar-refractivity contribution in [2.75, 3.05) is 6.54 Å². The van der Waals surface area contributed by atoms with E-state index in [0.29, 0.717) is 25.8 Å². The number of Topliss-reactive ketones (excluding diaryl/α,β-unsaturated/α-hetero) is 1. The third-order valence-corrected chi connectivity index (χ3v) is 5.95. The molecule has 4 atom stereocenters. The molecule has 0 radical (unpaired) electrons. The van der Waals surface area contributed by atoms with E-state index >= 15 is 0 Å². The molecule has 1 unspecified atom stereocenters. The van der Waals surface area contributed by atoms with Crippen LogP contribution in [0.25, 0.3) is 0 Å². The Kier molecular flexibility index (Phi) is 10.5. The lowest BCUT2D eigenvalue weighted by Crippen LogP contribution is -2.57. The molecular formula is C25H37N3O6. The number of nitrogens with zero attached hydrogens (tertiary/aromatic N) is 1. The van der Waals surface area contributed by atoms with Crippen LogP contribution in [0, 0.1) is 5.92 Å². The first-order valence-corrected chi connectivity index (χ1v) is 11.9. The Bertz CT molecular complexity index is 844. The van der Waals surface area contributed by atoms with Gasteiger partial charge in [0.1, 0.15) is 24.8 Å². The highest BCUT2D eigenvalue weighted by Crippen LogP contribution is 2.20. The van der Waals surface area contributed by atoms with Gasteiger partial charge in [-0.15, -0.1) is 0 Å². The molecule has 1 aliphatic rings. The number of amides is 3. The van der Waals surface area contributed by atoms with Crippen LogP contribution >= 0.6 is 0 Å². The lowest BCUT2D eigenvalue weighted by Gasteiger charge is -2.31. The van der Waals surface area contributed by atoms with E-state index in [9.17, 15) is 24.3 Å². The van der Waals surface area contributed by atoms with E-state index in [4.69, 9.17) is 4.74 Å². The van der Waals surface area contributed by atoms with Crippen molar-refractivity contribution in [1.29, 1.82) is 0 Å². The summed E-state index contributed by atoms with van der Waals surface area (Å²) in [6.07, 6.45) is -0.0711. The Morgan fingerprint density at radius 2 is 1.79 bits per heavy atom. The number of benzene rings is 1. The van der Waals surface area contributed by atoms with Gasteiger partial charge < -0.3 is 25.4 Å². The molecule has 188 valence electrons. The first-order chi connectivity index (χ1) is 16.1. The summed E-state index contributed by atoms with van der Waals surface area (Å²) >= 11 is 0. The molecule has 1 aliphatic heterocycles. The van der Waals surface area contributed by atoms with E-state index in [2.05, 4.69) is 10.6 Å². The predicted octanol–water partition coefficient (Wildman–Crippen LogP) is 2.16. The number of ether oxygens (including phenoxy) is 1. The number of likely N-dealkylation sites (tertiary alicyclic amines) is 1. The van der Waals surface area contributed by atoms with Gasteiger partial charge in [0.25, 0.3) is 0 Å². The van der Waals surface area contributed by atoms with Crippen LogP contribution in [-0.2, 0) is 25.7 Å². The molecular weight excluding hydrogens is 438 g/mol. The summed E-state index contributed by atoms with van der Waals surface area (Å²) < 4.78 is 5.17. The van der Waals surface area contributed by atoms with Gasteiger partial charge in [0.2, 0.25) is 11.8 Å². The molecule has 1 fully saturated rings. The summed E-state index contributed by atoms with van der Waals surface area (Å²) in [7, 11) is 0. The number of rotatable bonds is 11. The second-order valence-corrected chi connectivity index (χ2v) is 9.06. The molecule has 9 nitrogen and oxygen atoms in total. The first-order valence-electron chi connectivity index (χ1n) is 11.9. The van der Waals surface area contributed by atoms with Gasteiger partial charge in [0.05, 0.1) is 6.04 Å². The average Bonchev–Trinajstić information content (AvgIpc) is 3.30. The number of hydrogen-bond acceptors (Lipinski definition) is 6. The highest BCUT2D eigenvalue weighted by molar-refractivity contribution is 5.92. The highest BCUT2D eigenvalue weighted by atomic mass is 16.5. The van der Waals surface area contributed by atoms with Gasteiger partial charge in [-0.25, -0.2) is 4.79 Å². The SMILES string of the molecule is CCCC(=O)C(O)[C@@H](NC(=O)[C@@H]1CCCN1C(=O)[C@H](C)NC(=O)OCc1ccccc1)C(C)C. The molecule has 9 heteroatoms. The lowest BCUT2D eigenvalue weighted by molar-refractivity contribution is -0.141. The second-order valence-electron chi connectivity index (χ2n) is 9.06. The Morgan fingerprint density at radius 3 is 2.41 bits per heavy atom. The minimum Gasteiger partial charge on any atom is -0.445 e. The quantitative estimate of drug-likeness (QED) is 0.450. The van der Waals surface area contributed by atoms with Crippen LogP contribution in [0.2, 0.25) is 0 Å². The van der Waals surface area contributed by atoms with Crippen LogP contribution in [-0.4, -0.2) is 64.5 Å². The van der Waals surface area contributed by atoms with Gasteiger partial charge in [-0.3, -0.25) is 14.4 Å². The smallest absolute Gasteiger partial charge is 0.408 e. The normalized spacial score (nSPS) is 18.2. The Balaban J connectivity index is 1.95. The number of carbonyl (C=O) groups excluding carboxylic acids is 4. The van der Waals surface area contributed by atoms with Gasteiger partial charge in [-0.05, 0) is 37.7 Å². The van der Waals surface area contributed by atoms with Crippen molar-refractivity contribution in [3.8, 4) is 0 Å². The third-order valence-electron chi connectivity index (χ3n) is 5.95. The summed E-state index contributed by atoms with van der Waals surface area (Å²) in [5.41, 5.74) is 0.826. The van der Waals surface area contributed by atoms with Crippen molar-refractivity contribution < 1.29 is 29.0 Å². The van der Waals surface area contributed by atoms with Crippen molar-refractivity contribution in [2.24, 2.45) is 5.92 Å². The van der Waals surface area contributed by atoms with E-state index < -0.39 is 42.1 Å². The summed E-state index contributed by atoms with van der Waals surface area (Å²) in [5.74, 6) is -1.29. The molecule has 0 spiro atoms. The molecule has 0 aromatic heterocycles. The average molecular weight is 476 g/mol. The number of nitrogens with one attached hydrogen (secondary N) is 2. The van der Waals surface area contributed by atoms with Crippen molar-refractivity contribution in [3.05, 3.63) is 35.9 Å². The molecule has 0 aliphatic carbocycles. The number of ketones is 1. The first kappa shape index (κ1) is 27.3. The topological polar surface area (TPSA) is 125 Å². The minimum absolute atomic E-state index is 0.0813. The minimum atomic E-state index is -1.30. The summed E-state index contributed by atoms with van der Waals surface area (Å²) in [6, 6.07) is 6.83. The number of hydrogen-bond donors (Lipinski definition) is 3. The van der Waals surface area contributed by atoms with E-state index in [1.165, 1.54) is 4.90 Å². The number of aliphatic hydroxyl groups is 1.